The second-order valence-corrected chi connectivity index (χ2v) is 27.0. The van der Waals surface area contributed by atoms with Gasteiger partial charge in [0.2, 0.25) is 0 Å². The Labute approximate surface area is 586 Å². The highest BCUT2D eigenvalue weighted by Crippen LogP contribution is 2.50. The standard InChI is InChI=1S/C50H37NO2.C46H31NO/c1-50(2,3)35-25-29-37(30-26-35)51(36-27-22-33(23-28-36)39-17-10-18-41-40-15-7-8-20-44(40)52-48(39)41)43-19-9-14-34-24-31-42-47-38(32-12-5-4-6-13-32)16-11-21-45(47)53-49(42)46(34)43;1-4-15-32(16-5-1)38-24-10-11-25-39(38)35-20-12-23-37(31-35)47(36-21-8-3-9-22-36)42-27-13-19-34-29-30-41-45-40(33-17-6-2-7-18-33)26-14-28-43(45)48-46(41)44(34)42/h4-31H,1-3H3;1-31H. The number of hydrogen-bond acceptors (Lipinski definition) is 5. The highest BCUT2D eigenvalue weighted by molar-refractivity contribution is 6.24. The van der Waals surface area contributed by atoms with E-state index in [0.717, 1.165) is 138 Å². The molecule has 19 rings (SSSR count). The van der Waals surface area contributed by atoms with Crippen LogP contribution in [0.1, 0.15) is 26.3 Å². The summed E-state index contributed by atoms with van der Waals surface area (Å²) in [6.07, 6.45) is 0. The number of furan rings is 3. The summed E-state index contributed by atoms with van der Waals surface area (Å²) in [4.78, 5) is 4.73. The average Bonchev–Trinajstić information content (AvgIpc) is 1.65. The van der Waals surface area contributed by atoms with Gasteiger partial charge in [0.05, 0.1) is 11.4 Å². The Kier molecular flexibility index (Phi) is 15.1. The molecule has 101 heavy (non-hydrogen) atoms. The molecular formula is C96H68N2O3. The average molecular weight is 1300 g/mol. The summed E-state index contributed by atoms with van der Waals surface area (Å²) in [6.45, 7) is 6.77. The van der Waals surface area contributed by atoms with Gasteiger partial charge >= 0.3 is 0 Å². The first-order valence-electron chi connectivity index (χ1n) is 34.6. The maximum atomic E-state index is 6.86. The van der Waals surface area contributed by atoms with Crippen LogP contribution in [0.25, 0.3) is 143 Å². The summed E-state index contributed by atoms with van der Waals surface area (Å²) >= 11 is 0. The summed E-state index contributed by atoms with van der Waals surface area (Å²) in [5.74, 6) is 0. The zero-order chi connectivity index (χ0) is 67.5. The minimum absolute atomic E-state index is 0.0407. The van der Waals surface area contributed by atoms with Crippen LogP contribution in [0.3, 0.4) is 0 Å². The molecule has 0 aliphatic carbocycles. The minimum Gasteiger partial charge on any atom is -0.455 e. The van der Waals surface area contributed by atoms with Crippen molar-refractivity contribution in [1.29, 1.82) is 0 Å². The largest absolute Gasteiger partial charge is 0.455 e. The lowest BCUT2D eigenvalue weighted by atomic mass is 9.87. The molecule has 3 heterocycles. The summed E-state index contributed by atoms with van der Waals surface area (Å²) in [5, 5.41) is 11.2. The van der Waals surface area contributed by atoms with E-state index >= 15 is 0 Å². The van der Waals surface area contributed by atoms with Crippen molar-refractivity contribution in [3.63, 3.8) is 0 Å². The predicted octanol–water partition coefficient (Wildman–Crippen LogP) is 27.9. The van der Waals surface area contributed by atoms with Crippen LogP contribution in [-0.4, -0.2) is 0 Å². The van der Waals surface area contributed by atoms with Crippen LogP contribution in [0.15, 0.2) is 371 Å². The molecule has 3 aromatic heterocycles. The number of fused-ring (bicyclic) bond motifs is 13. The normalized spacial score (nSPS) is 11.7. The molecular weight excluding hydrogens is 1230 g/mol. The third kappa shape index (κ3) is 10.8. The van der Waals surface area contributed by atoms with E-state index in [1.54, 1.807) is 0 Å². The second kappa shape index (κ2) is 25.2. The SMILES string of the molecule is CC(C)(C)c1ccc(N(c2ccc(-c3cccc4c3oc3ccccc34)cc2)c2cccc3ccc4c(oc5cccc(-c6ccccc6)c54)c23)cc1.c1ccc(-c2ccccc2-c2cccc(N(c3ccccc3)c3cccc4ccc5c(oc6cccc(-c7ccccc7)c65)c34)c2)cc1. The van der Waals surface area contributed by atoms with Crippen molar-refractivity contribution in [1.82, 2.24) is 0 Å². The topological polar surface area (TPSA) is 45.9 Å². The van der Waals surface area contributed by atoms with Gasteiger partial charge in [0.25, 0.3) is 0 Å². The first-order valence-corrected chi connectivity index (χ1v) is 34.6. The number of anilines is 6. The van der Waals surface area contributed by atoms with Crippen LogP contribution < -0.4 is 9.80 Å². The molecule has 480 valence electrons. The molecule has 0 atom stereocenters. The molecule has 0 aliphatic rings. The third-order valence-electron chi connectivity index (χ3n) is 19.9. The molecule has 0 fully saturated rings. The Morgan fingerprint density at radius 3 is 1.17 bits per heavy atom. The van der Waals surface area contributed by atoms with Crippen molar-refractivity contribution in [2.45, 2.75) is 26.2 Å². The van der Waals surface area contributed by atoms with Crippen molar-refractivity contribution in [2.75, 3.05) is 9.80 Å². The fourth-order valence-corrected chi connectivity index (χ4v) is 15.1. The minimum atomic E-state index is 0.0407. The van der Waals surface area contributed by atoms with E-state index in [-0.39, 0.29) is 5.41 Å². The zero-order valence-electron chi connectivity index (χ0n) is 56.2. The van der Waals surface area contributed by atoms with Crippen LogP contribution in [0.2, 0.25) is 0 Å². The Balaban J connectivity index is 0.000000146. The van der Waals surface area contributed by atoms with Crippen molar-refractivity contribution < 1.29 is 13.3 Å². The lowest BCUT2D eigenvalue weighted by molar-refractivity contribution is 0.590. The molecule has 5 heteroatoms. The number of nitrogens with zero attached hydrogens (tertiary/aromatic N) is 2. The quantitative estimate of drug-likeness (QED) is 0.129. The number of hydrogen-bond donors (Lipinski definition) is 0. The molecule has 0 saturated heterocycles. The highest BCUT2D eigenvalue weighted by atomic mass is 16.3. The molecule has 16 aromatic carbocycles. The summed E-state index contributed by atoms with van der Waals surface area (Å²) < 4.78 is 20.1. The third-order valence-corrected chi connectivity index (χ3v) is 19.9. The van der Waals surface area contributed by atoms with E-state index in [9.17, 15) is 0 Å². The fourth-order valence-electron chi connectivity index (χ4n) is 15.1. The van der Waals surface area contributed by atoms with Gasteiger partial charge in [0, 0.05) is 71.4 Å². The van der Waals surface area contributed by atoms with Gasteiger partial charge in [-0.3, -0.25) is 0 Å². The smallest absolute Gasteiger partial charge is 0.145 e. The predicted molar refractivity (Wildman–Crippen MR) is 425 cm³/mol. The molecule has 0 radical (unpaired) electrons. The first kappa shape index (κ1) is 60.5. The summed E-state index contributed by atoms with van der Waals surface area (Å²) in [6, 6.07) is 127. The van der Waals surface area contributed by atoms with Gasteiger partial charge in [0.1, 0.15) is 33.5 Å². The van der Waals surface area contributed by atoms with E-state index in [1.807, 2.05) is 12.1 Å². The molecule has 0 N–H and O–H groups in total. The van der Waals surface area contributed by atoms with Gasteiger partial charge in [-0.1, -0.05) is 288 Å². The maximum absolute atomic E-state index is 6.86. The van der Waals surface area contributed by atoms with E-state index in [1.165, 1.54) is 44.5 Å². The van der Waals surface area contributed by atoms with Gasteiger partial charge < -0.3 is 23.1 Å². The second-order valence-electron chi connectivity index (χ2n) is 27.0. The zero-order valence-corrected chi connectivity index (χ0v) is 56.2. The van der Waals surface area contributed by atoms with E-state index < -0.39 is 0 Å². The number of rotatable bonds is 11. The molecule has 0 saturated carbocycles. The van der Waals surface area contributed by atoms with Gasteiger partial charge in [-0.05, 0) is 163 Å². The van der Waals surface area contributed by atoms with Gasteiger partial charge in [-0.25, -0.2) is 0 Å². The van der Waals surface area contributed by atoms with Crippen molar-refractivity contribution >= 4 is 121 Å². The van der Waals surface area contributed by atoms with Gasteiger partial charge in [-0.2, -0.15) is 0 Å². The maximum Gasteiger partial charge on any atom is 0.145 e. The van der Waals surface area contributed by atoms with Crippen molar-refractivity contribution in [2.24, 2.45) is 0 Å². The van der Waals surface area contributed by atoms with Gasteiger partial charge in [0.15, 0.2) is 0 Å². The van der Waals surface area contributed by atoms with Crippen LogP contribution in [0.4, 0.5) is 34.1 Å². The summed E-state index contributed by atoms with van der Waals surface area (Å²) in [5.41, 5.74) is 24.8. The summed E-state index contributed by atoms with van der Waals surface area (Å²) in [7, 11) is 0. The highest BCUT2D eigenvalue weighted by Gasteiger charge is 2.25. The fraction of sp³-hybridized carbons (Fsp3) is 0.0417. The molecule has 0 unspecified atom stereocenters. The number of benzene rings is 16. The Morgan fingerprint density at radius 1 is 0.228 bits per heavy atom. The van der Waals surface area contributed by atoms with Crippen LogP contribution in [-0.2, 0) is 5.41 Å². The molecule has 0 aliphatic heterocycles. The Bertz CT molecular complexity index is 6280. The van der Waals surface area contributed by atoms with Crippen LogP contribution in [0, 0.1) is 0 Å². The Hall–Kier alpha value is -13.0. The molecule has 0 spiro atoms. The molecule has 0 bridgehead atoms. The van der Waals surface area contributed by atoms with E-state index in [4.69, 9.17) is 13.3 Å². The van der Waals surface area contributed by atoms with Crippen molar-refractivity contribution in [3.8, 4) is 55.6 Å². The molecule has 5 nitrogen and oxygen atoms in total. The Morgan fingerprint density at radius 2 is 0.604 bits per heavy atom. The molecule has 0 amide bonds. The lowest BCUT2D eigenvalue weighted by Gasteiger charge is -2.28. The van der Waals surface area contributed by atoms with Crippen LogP contribution in [0.5, 0.6) is 0 Å². The van der Waals surface area contributed by atoms with E-state index in [0.29, 0.717) is 0 Å². The monoisotopic (exact) mass is 1300 g/mol. The number of para-hydroxylation sites is 3. The lowest BCUT2D eigenvalue weighted by Crippen LogP contribution is -2.13. The van der Waals surface area contributed by atoms with E-state index in [2.05, 4.69) is 376 Å². The van der Waals surface area contributed by atoms with Gasteiger partial charge in [-0.15, -0.1) is 0 Å². The van der Waals surface area contributed by atoms with Crippen LogP contribution >= 0.6 is 0 Å². The first-order chi connectivity index (χ1) is 49.8. The molecule has 19 aromatic rings. The van der Waals surface area contributed by atoms with Crippen molar-refractivity contribution in [3.05, 3.63) is 363 Å².